The Balaban J connectivity index is 1.98. The van der Waals surface area contributed by atoms with E-state index in [1.54, 1.807) is 23.1 Å². The number of rotatable bonds is 3. The average molecular weight is 302 g/mol. The lowest BCUT2D eigenvalue weighted by atomic mass is 10.1. The number of halogens is 2. The maximum atomic E-state index is 12.0. The zero-order chi connectivity index (χ0) is 14.0. The van der Waals surface area contributed by atoms with Crippen molar-refractivity contribution in [3.05, 3.63) is 33.8 Å². The normalized spacial score (nSPS) is 18.6. The molecule has 4 nitrogen and oxygen atoms in total. The van der Waals surface area contributed by atoms with Crippen LogP contribution in [0.3, 0.4) is 0 Å². The van der Waals surface area contributed by atoms with Gasteiger partial charge in [-0.1, -0.05) is 29.3 Å². The second kappa shape index (κ2) is 5.80. The van der Waals surface area contributed by atoms with Crippen molar-refractivity contribution < 1.29 is 14.7 Å². The first-order valence-corrected chi connectivity index (χ1v) is 6.67. The van der Waals surface area contributed by atoms with E-state index in [4.69, 9.17) is 28.3 Å². The highest BCUT2D eigenvalue weighted by Crippen LogP contribution is 2.24. The number of carboxylic acid groups (broad SMARTS) is 1. The maximum Gasteiger partial charge on any atom is 0.308 e. The first kappa shape index (κ1) is 14.2. The number of carbonyl (C=O) groups is 2. The largest absolute Gasteiger partial charge is 0.481 e. The van der Waals surface area contributed by atoms with Crippen molar-refractivity contribution in [3.8, 4) is 0 Å². The van der Waals surface area contributed by atoms with Gasteiger partial charge >= 0.3 is 5.97 Å². The van der Waals surface area contributed by atoms with E-state index in [-0.39, 0.29) is 18.9 Å². The van der Waals surface area contributed by atoms with Crippen molar-refractivity contribution in [2.45, 2.75) is 12.8 Å². The van der Waals surface area contributed by atoms with Crippen LogP contribution in [0, 0.1) is 5.92 Å². The summed E-state index contributed by atoms with van der Waals surface area (Å²) < 4.78 is 0. The molecular formula is C13H13Cl2NO3. The van der Waals surface area contributed by atoms with Crippen molar-refractivity contribution in [3.63, 3.8) is 0 Å². The fourth-order valence-electron chi connectivity index (χ4n) is 2.12. The monoisotopic (exact) mass is 301 g/mol. The molecule has 1 heterocycles. The number of aliphatic carboxylic acids is 1. The summed E-state index contributed by atoms with van der Waals surface area (Å²) in [5.74, 6) is -1.37. The molecule has 1 amide bonds. The Morgan fingerprint density at radius 2 is 2.05 bits per heavy atom. The number of amides is 1. The number of hydrogen-bond acceptors (Lipinski definition) is 2. The van der Waals surface area contributed by atoms with E-state index >= 15 is 0 Å². The van der Waals surface area contributed by atoms with Crippen LogP contribution in [0.15, 0.2) is 18.2 Å². The van der Waals surface area contributed by atoms with Crippen LogP contribution in [0.1, 0.15) is 12.0 Å². The van der Waals surface area contributed by atoms with E-state index in [1.165, 1.54) is 0 Å². The molecule has 1 aliphatic rings. The smallest absolute Gasteiger partial charge is 0.308 e. The molecule has 0 aromatic heterocycles. The van der Waals surface area contributed by atoms with E-state index < -0.39 is 11.9 Å². The molecule has 1 saturated heterocycles. The van der Waals surface area contributed by atoms with Gasteiger partial charge in [0.25, 0.3) is 0 Å². The lowest BCUT2D eigenvalue weighted by molar-refractivity contribution is -0.141. The van der Waals surface area contributed by atoms with Crippen LogP contribution in [0.5, 0.6) is 0 Å². The first-order valence-electron chi connectivity index (χ1n) is 5.92. The molecule has 0 spiro atoms. The Morgan fingerprint density at radius 1 is 1.32 bits per heavy atom. The SMILES string of the molecule is O=C(O)C1CCN(C(=O)Cc2ccc(Cl)c(Cl)c2)C1. The molecule has 1 unspecified atom stereocenters. The summed E-state index contributed by atoms with van der Waals surface area (Å²) in [6.07, 6.45) is 0.728. The van der Waals surface area contributed by atoms with E-state index in [1.807, 2.05) is 0 Å². The standard InChI is InChI=1S/C13H13Cl2NO3/c14-10-2-1-8(5-11(10)15)6-12(17)16-4-3-9(7-16)13(18)19/h1-2,5,9H,3-4,6-7H2,(H,18,19). The van der Waals surface area contributed by atoms with Crippen molar-refractivity contribution in [2.75, 3.05) is 13.1 Å². The Labute approximate surface area is 120 Å². The zero-order valence-electron chi connectivity index (χ0n) is 10.1. The molecule has 1 N–H and O–H groups in total. The van der Waals surface area contributed by atoms with Gasteiger partial charge in [0.15, 0.2) is 0 Å². The molecule has 0 radical (unpaired) electrons. The van der Waals surface area contributed by atoms with Gasteiger partial charge in [-0.05, 0) is 24.1 Å². The van der Waals surface area contributed by atoms with E-state index in [0.717, 1.165) is 5.56 Å². The third kappa shape index (κ3) is 3.39. The number of carbonyl (C=O) groups excluding carboxylic acids is 1. The van der Waals surface area contributed by atoms with Crippen LogP contribution >= 0.6 is 23.2 Å². The molecule has 0 aliphatic carbocycles. The van der Waals surface area contributed by atoms with Gasteiger partial charge in [0.05, 0.1) is 22.4 Å². The molecule has 1 aromatic rings. The molecule has 1 fully saturated rings. The van der Waals surface area contributed by atoms with Gasteiger partial charge in [-0.2, -0.15) is 0 Å². The maximum absolute atomic E-state index is 12.0. The van der Waals surface area contributed by atoms with Crippen molar-refractivity contribution >= 4 is 35.1 Å². The van der Waals surface area contributed by atoms with Gasteiger partial charge in [-0.25, -0.2) is 0 Å². The van der Waals surface area contributed by atoms with E-state index in [0.29, 0.717) is 23.0 Å². The summed E-state index contributed by atoms with van der Waals surface area (Å²) in [6, 6.07) is 5.06. The summed E-state index contributed by atoms with van der Waals surface area (Å²) in [7, 11) is 0. The minimum absolute atomic E-state index is 0.0814. The summed E-state index contributed by atoms with van der Waals surface area (Å²) in [5.41, 5.74) is 0.776. The lowest BCUT2D eigenvalue weighted by Crippen LogP contribution is -2.31. The highest BCUT2D eigenvalue weighted by molar-refractivity contribution is 6.42. The van der Waals surface area contributed by atoms with Gasteiger partial charge in [0.1, 0.15) is 0 Å². The highest BCUT2D eigenvalue weighted by Gasteiger charge is 2.30. The molecule has 0 bridgehead atoms. The predicted molar refractivity (Wildman–Crippen MR) is 72.5 cm³/mol. The molecule has 1 atom stereocenters. The highest BCUT2D eigenvalue weighted by atomic mass is 35.5. The molecule has 1 aliphatic heterocycles. The third-order valence-corrected chi connectivity index (χ3v) is 3.97. The number of benzene rings is 1. The van der Waals surface area contributed by atoms with Crippen LogP contribution in [-0.4, -0.2) is 35.0 Å². The van der Waals surface area contributed by atoms with Crippen LogP contribution in [-0.2, 0) is 16.0 Å². The van der Waals surface area contributed by atoms with Crippen molar-refractivity contribution in [1.82, 2.24) is 4.90 Å². The fraction of sp³-hybridized carbons (Fsp3) is 0.385. The predicted octanol–water partition coefficient (Wildman–Crippen LogP) is 2.47. The summed E-state index contributed by atoms with van der Waals surface area (Å²) in [4.78, 5) is 24.5. The Hall–Kier alpha value is -1.26. The van der Waals surface area contributed by atoms with Gasteiger partial charge in [0.2, 0.25) is 5.91 Å². The minimum Gasteiger partial charge on any atom is -0.481 e. The molecule has 2 rings (SSSR count). The minimum atomic E-state index is -0.843. The quantitative estimate of drug-likeness (QED) is 0.933. The Kier molecular flexibility index (Phi) is 4.32. The van der Waals surface area contributed by atoms with Crippen LogP contribution < -0.4 is 0 Å². The number of likely N-dealkylation sites (tertiary alicyclic amines) is 1. The Bertz CT molecular complexity index is 519. The topological polar surface area (TPSA) is 57.6 Å². The van der Waals surface area contributed by atoms with Crippen molar-refractivity contribution in [1.29, 1.82) is 0 Å². The number of nitrogens with zero attached hydrogens (tertiary/aromatic N) is 1. The Morgan fingerprint density at radius 3 is 2.63 bits per heavy atom. The van der Waals surface area contributed by atoms with Crippen LogP contribution in [0.25, 0.3) is 0 Å². The second-order valence-corrected chi connectivity index (χ2v) is 5.40. The molecule has 0 saturated carbocycles. The third-order valence-electron chi connectivity index (χ3n) is 3.23. The molecule has 102 valence electrons. The average Bonchev–Trinajstić information content (AvgIpc) is 2.83. The van der Waals surface area contributed by atoms with Crippen LogP contribution in [0.2, 0.25) is 10.0 Å². The fourth-order valence-corrected chi connectivity index (χ4v) is 2.45. The summed E-state index contributed by atoms with van der Waals surface area (Å²) >= 11 is 11.7. The summed E-state index contributed by atoms with van der Waals surface area (Å²) in [6.45, 7) is 0.784. The van der Waals surface area contributed by atoms with Crippen molar-refractivity contribution in [2.24, 2.45) is 5.92 Å². The van der Waals surface area contributed by atoms with Crippen LogP contribution in [0.4, 0.5) is 0 Å². The molecule has 19 heavy (non-hydrogen) atoms. The van der Waals surface area contributed by atoms with Gasteiger partial charge in [0, 0.05) is 13.1 Å². The number of hydrogen-bond donors (Lipinski definition) is 1. The van der Waals surface area contributed by atoms with Gasteiger partial charge in [-0.3, -0.25) is 9.59 Å². The van der Waals surface area contributed by atoms with E-state index in [9.17, 15) is 9.59 Å². The van der Waals surface area contributed by atoms with Gasteiger partial charge in [-0.15, -0.1) is 0 Å². The zero-order valence-corrected chi connectivity index (χ0v) is 11.6. The second-order valence-electron chi connectivity index (χ2n) is 4.59. The lowest BCUT2D eigenvalue weighted by Gasteiger charge is -2.15. The molecule has 6 heteroatoms. The molecule has 1 aromatic carbocycles. The first-order chi connectivity index (χ1) is 8.97. The summed E-state index contributed by atoms with van der Waals surface area (Å²) in [5, 5.41) is 9.76. The van der Waals surface area contributed by atoms with Gasteiger partial charge < -0.3 is 10.0 Å². The number of carboxylic acids is 1. The van der Waals surface area contributed by atoms with E-state index in [2.05, 4.69) is 0 Å². The molecular weight excluding hydrogens is 289 g/mol.